The van der Waals surface area contributed by atoms with E-state index < -0.39 is 0 Å². The van der Waals surface area contributed by atoms with Crippen LogP contribution in [-0.4, -0.2) is 96.3 Å². The molecule has 354 valence electrons. The summed E-state index contributed by atoms with van der Waals surface area (Å²) in [5.41, 5.74) is 14.6. The van der Waals surface area contributed by atoms with Crippen molar-refractivity contribution in [3.63, 3.8) is 0 Å². The lowest BCUT2D eigenvalue weighted by Gasteiger charge is -2.24. The molecule has 68 heavy (non-hydrogen) atoms. The van der Waals surface area contributed by atoms with Crippen LogP contribution in [0.3, 0.4) is 0 Å². The van der Waals surface area contributed by atoms with E-state index in [2.05, 4.69) is 218 Å². The summed E-state index contributed by atoms with van der Waals surface area (Å²) in [5.74, 6) is 2.30. The molecule has 0 aliphatic carbocycles. The van der Waals surface area contributed by atoms with Crippen molar-refractivity contribution < 1.29 is 0 Å². The molecule has 12 nitrogen and oxygen atoms in total. The first-order valence-corrected chi connectivity index (χ1v) is 23.8. The predicted molar refractivity (Wildman–Crippen MR) is 288 cm³/mol. The molecule has 0 atom stereocenters. The molecule has 0 radical (unpaired) electrons. The number of benzene rings is 4. The van der Waals surface area contributed by atoms with Crippen molar-refractivity contribution in [3.05, 3.63) is 70.8 Å². The minimum atomic E-state index is -0.155. The number of H-pyrrole nitrogens is 2. The first-order valence-electron chi connectivity index (χ1n) is 23.8. The predicted octanol–water partition coefficient (Wildman–Crippen LogP) is 12.3. The van der Waals surface area contributed by atoms with Gasteiger partial charge in [0, 0.05) is 101 Å². The van der Waals surface area contributed by atoms with E-state index in [-0.39, 0.29) is 21.7 Å². The lowest BCUT2D eigenvalue weighted by molar-refractivity contribution is 0.590. The molecule has 0 fully saturated rings. The molecule has 0 saturated carbocycles. The summed E-state index contributed by atoms with van der Waals surface area (Å²) < 4.78 is 0. The maximum atomic E-state index is 5.58. The molecular weight excluding hydrogens is 841 g/mol. The van der Waals surface area contributed by atoms with E-state index in [9.17, 15) is 0 Å². The second-order valence-corrected chi connectivity index (χ2v) is 23.9. The largest absolute Gasteiger partial charge is 0.377 e. The molecule has 5 heterocycles. The lowest BCUT2D eigenvalue weighted by atomic mass is 9.84. The molecule has 7 aromatic rings. The fourth-order valence-corrected chi connectivity index (χ4v) is 9.36. The number of nitrogens with zero attached hydrogens (tertiary/aromatic N) is 10. The van der Waals surface area contributed by atoms with Crippen molar-refractivity contribution in [2.24, 2.45) is 0 Å². The number of aromatic nitrogens is 8. The van der Waals surface area contributed by atoms with Crippen LogP contribution in [-0.2, 0) is 21.7 Å². The average Bonchev–Trinajstić information content (AvgIpc) is 3.96. The van der Waals surface area contributed by atoms with E-state index in [1.807, 2.05) is 0 Å². The van der Waals surface area contributed by atoms with Gasteiger partial charge in [0.1, 0.15) is 22.6 Å². The van der Waals surface area contributed by atoms with Crippen LogP contribution in [0.4, 0.5) is 22.7 Å². The van der Waals surface area contributed by atoms with Crippen LogP contribution in [0, 0.1) is 0 Å². The highest BCUT2D eigenvalue weighted by Gasteiger charge is 2.32. The topological polar surface area (TPSA) is 122 Å². The third kappa shape index (κ3) is 7.79. The zero-order valence-electron chi connectivity index (χ0n) is 44.1. The Morgan fingerprint density at radius 2 is 0.603 bits per heavy atom. The first-order chi connectivity index (χ1) is 31.5. The molecule has 8 bridgehead atoms. The summed E-state index contributed by atoms with van der Waals surface area (Å²) in [6, 6.07) is 18.2. The summed E-state index contributed by atoms with van der Waals surface area (Å²) in [5, 5.41) is 3.81. The summed E-state index contributed by atoms with van der Waals surface area (Å²) in [7, 11) is 16.7. The fourth-order valence-electron chi connectivity index (χ4n) is 9.36. The highest BCUT2D eigenvalue weighted by Crippen LogP contribution is 2.47. The summed E-state index contributed by atoms with van der Waals surface area (Å²) >= 11 is 0. The van der Waals surface area contributed by atoms with E-state index in [1.54, 1.807) is 0 Å². The molecule has 2 aliphatic rings. The van der Waals surface area contributed by atoms with E-state index in [0.717, 1.165) is 66.5 Å². The molecule has 9 rings (SSSR count). The minimum Gasteiger partial charge on any atom is -0.377 e. The van der Waals surface area contributed by atoms with Crippen LogP contribution in [0.1, 0.15) is 105 Å². The second kappa shape index (κ2) is 15.5. The van der Waals surface area contributed by atoms with Gasteiger partial charge in [-0.15, -0.1) is 0 Å². The molecule has 0 saturated heterocycles. The first kappa shape index (κ1) is 46.5. The van der Waals surface area contributed by atoms with Gasteiger partial charge in [-0.3, -0.25) is 0 Å². The SMILES string of the molecule is CN(C)c1cc(C(C)(C)C)cc2c1-c1nc-2nc2[nH]c(nc3nc(nc4[nH]c(n1)c1cc(C(C)(C)C)cc(N(C)C)c41)-c1cc(C(C)(C)C)cc(N(C)C)c1-3)c1cc(C(C)(C)C)cc(N(C)C)c21. The van der Waals surface area contributed by atoms with Gasteiger partial charge in [-0.1, -0.05) is 83.1 Å². The van der Waals surface area contributed by atoms with Gasteiger partial charge in [0.05, 0.1) is 21.9 Å². The van der Waals surface area contributed by atoms with Gasteiger partial charge in [-0.2, -0.15) is 0 Å². The normalized spacial score (nSPS) is 13.0. The van der Waals surface area contributed by atoms with Gasteiger partial charge in [-0.05, 0) is 92.4 Å². The van der Waals surface area contributed by atoms with Gasteiger partial charge in [0.2, 0.25) is 0 Å². The lowest BCUT2D eigenvalue weighted by Crippen LogP contribution is -2.15. The van der Waals surface area contributed by atoms with Crippen molar-refractivity contribution in [2.75, 3.05) is 76.0 Å². The smallest absolute Gasteiger partial charge is 0.166 e. The van der Waals surface area contributed by atoms with Crippen molar-refractivity contribution in [2.45, 2.75) is 105 Å². The van der Waals surface area contributed by atoms with Crippen molar-refractivity contribution in [1.82, 2.24) is 39.9 Å². The monoisotopic (exact) mass is 911 g/mol. The number of anilines is 4. The molecule has 4 aromatic carbocycles. The van der Waals surface area contributed by atoms with Gasteiger partial charge >= 0.3 is 0 Å². The Morgan fingerprint density at radius 1 is 0.324 bits per heavy atom. The zero-order chi connectivity index (χ0) is 49.5. The van der Waals surface area contributed by atoms with E-state index in [4.69, 9.17) is 29.9 Å². The Morgan fingerprint density at radius 3 is 0.897 bits per heavy atom. The highest BCUT2D eigenvalue weighted by molar-refractivity contribution is 6.14. The van der Waals surface area contributed by atoms with Gasteiger partial charge < -0.3 is 29.6 Å². The maximum absolute atomic E-state index is 5.58. The minimum absolute atomic E-state index is 0.152. The summed E-state index contributed by atoms with van der Waals surface area (Å²) in [6.07, 6.45) is 0. The van der Waals surface area contributed by atoms with E-state index in [0.29, 0.717) is 45.9 Å². The number of aromatic amines is 2. The zero-order valence-corrected chi connectivity index (χ0v) is 44.1. The summed E-state index contributed by atoms with van der Waals surface area (Å²) in [6.45, 7) is 27.0. The maximum Gasteiger partial charge on any atom is 0.166 e. The number of hydrogen-bond donors (Lipinski definition) is 2. The van der Waals surface area contributed by atoms with Crippen LogP contribution < -0.4 is 19.6 Å². The number of fused-ring (bicyclic) bond motifs is 20. The van der Waals surface area contributed by atoms with Crippen LogP contribution >= 0.6 is 0 Å². The van der Waals surface area contributed by atoms with Gasteiger partial charge in [0.15, 0.2) is 23.3 Å². The van der Waals surface area contributed by atoms with Gasteiger partial charge in [-0.25, -0.2) is 29.9 Å². The Balaban J connectivity index is 1.59. The van der Waals surface area contributed by atoms with E-state index in [1.165, 1.54) is 22.3 Å². The van der Waals surface area contributed by atoms with Crippen LogP contribution in [0.5, 0.6) is 0 Å². The summed E-state index contributed by atoms with van der Waals surface area (Å²) in [4.78, 5) is 49.4. The van der Waals surface area contributed by atoms with Crippen molar-refractivity contribution in [3.8, 4) is 45.6 Å². The molecule has 2 N–H and O–H groups in total. The third-order valence-electron chi connectivity index (χ3n) is 13.5. The Kier molecular flexibility index (Phi) is 10.6. The number of hydrogen-bond acceptors (Lipinski definition) is 10. The third-order valence-corrected chi connectivity index (χ3v) is 13.5. The standard InChI is InChI=1S/C56H70N12/c1-53(2,3)29-21-33-41(37(25-29)65(13)14)49-57-45(33)61-50-42-34(22-30(54(4,5)6)26-38(42)66(15)16)47(58-50)63-52-44-36(24-32(56(10,11)12)28-40(44)68(19)20)48(60-52)64-51-43-35(46(59-51)62-49)23-31(55(7,8)9)27-39(43)67(17)18/h21-28H,1-20H3,(H2,57,58,59,60,61,62,63,64). The molecule has 0 spiro atoms. The average molecular weight is 911 g/mol. The Labute approximate surface area is 402 Å². The molecule has 12 heteroatoms. The van der Waals surface area contributed by atoms with Crippen LogP contribution in [0.15, 0.2) is 48.5 Å². The van der Waals surface area contributed by atoms with E-state index >= 15 is 0 Å². The molecule has 2 aliphatic heterocycles. The number of rotatable bonds is 4. The quantitative estimate of drug-likeness (QED) is 0.176. The Hall–Kier alpha value is -6.56. The van der Waals surface area contributed by atoms with Crippen LogP contribution in [0.25, 0.3) is 89.7 Å². The highest BCUT2D eigenvalue weighted by atomic mass is 15.1. The number of nitrogens with one attached hydrogen (secondary N) is 2. The second-order valence-electron chi connectivity index (χ2n) is 23.9. The van der Waals surface area contributed by atoms with Crippen LogP contribution in [0.2, 0.25) is 0 Å². The Bertz CT molecular complexity index is 3170. The fraction of sp³-hybridized carbons (Fsp3) is 0.429. The van der Waals surface area contributed by atoms with Crippen molar-refractivity contribution >= 4 is 66.9 Å². The van der Waals surface area contributed by atoms with Crippen molar-refractivity contribution in [1.29, 1.82) is 0 Å². The molecular formula is C56H70N12. The molecule has 0 unspecified atom stereocenters. The molecule has 3 aromatic heterocycles. The molecule has 0 amide bonds. The van der Waals surface area contributed by atoms with Gasteiger partial charge in [0.25, 0.3) is 0 Å².